The maximum atomic E-state index is 9.53. The van der Waals surface area contributed by atoms with Crippen molar-refractivity contribution >= 4 is 0 Å². The number of hydrogen-bond donors (Lipinski definition) is 1. The Labute approximate surface area is 90.9 Å². The van der Waals surface area contributed by atoms with Gasteiger partial charge in [-0.1, -0.05) is 12.1 Å². The predicted molar refractivity (Wildman–Crippen MR) is 60.8 cm³/mol. The molecule has 1 rings (SSSR count). The summed E-state index contributed by atoms with van der Waals surface area (Å²) in [4.78, 5) is 0. The Hall–Kier alpha value is -1.46. The van der Waals surface area contributed by atoms with Gasteiger partial charge in [0.25, 0.3) is 0 Å². The van der Waals surface area contributed by atoms with Gasteiger partial charge in [-0.2, -0.15) is 0 Å². The van der Waals surface area contributed by atoms with Gasteiger partial charge < -0.3 is 9.84 Å². The van der Waals surface area contributed by atoms with Gasteiger partial charge in [0.1, 0.15) is 5.75 Å². The molecule has 0 heterocycles. The number of aliphatic hydroxyl groups is 1. The first-order chi connectivity index (χ1) is 7.15. The van der Waals surface area contributed by atoms with Crippen molar-refractivity contribution < 1.29 is 9.84 Å². The van der Waals surface area contributed by atoms with Crippen LogP contribution in [0.5, 0.6) is 5.75 Å². The summed E-state index contributed by atoms with van der Waals surface area (Å²) >= 11 is 0. The molecule has 0 aliphatic heterocycles. The van der Waals surface area contributed by atoms with Crippen LogP contribution in [0.25, 0.3) is 0 Å². The lowest BCUT2D eigenvalue weighted by molar-refractivity contribution is 0.191. The normalized spacial score (nSPS) is 11.9. The van der Waals surface area contributed by atoms with Crippen molar-refractivity contribution in [2.45, 2.75) is 26.4 Å². The molecule has 2 heteroatoms. The number of aryl methyl sites for hydroxylation is 1. The van der Waals surface area contributed by atoms with E-state index in [1.807, 2.05) is 25.1 Å². The van der Waals surface area contributed by atoms with Crippen molar-refractivity contribution in [2.75, 3.05) is 6.61 Å². The fraction of sp³-hybridized carbons (Fsp3) is 0.385. The molecule has 15 heavy (non-hydrogen) atoms. The number of benzene rings is 1. The predicted octanol–water partition coefficient (Wildman–Crippen LogP) is 2.45. The lowest BCUT2D eigenvalue weighted by atomic mass is 10.1. The largest absolute Gasteiger partial charge is 0.492 e. The highest BCUT2D eigenvalue weighted by Gasteiger charge is 2.08. The Balaban J connectivity index is 2.83. The Morgan fingerprint density at radius 1 is 1.53 bits per heavy atom. The smallest absolute Gasteiger partial charge is 0.125 e. The van der Waals surface area contributed by atoms with E-state index in [9.17, 15) is 5.11 Å². The number of hydrogen-bond acceptors (Lipinski definition) is 2. The minimum atomic E-state index is -0.522. The van der Waals surface area contributed by atoms with Crippen molar-refractivity contribution in [3.63, 3.8) is 0 Å². The zero-order valence-corrected chi connectivity index (χ0v) is 9.16. The van der Waals surface area contributed by atoms with Crippen LogP contribution in [0.15, 0.2) is 18.2 Å². The van der Waals surface area contributed by atoms with E-state index in [1.54, 1.807) is 6.92 Å². The number of rotatable bonds is 4. The molecule has 2 nitrogen and oxygen atoms in total. The van der Waals surface area contributed by atoms with E-state index in [2.05, 4.69) is 5.92 Å². The molecule has 0 unspecified atom stereocenters. The Bertz CT molecular complexity index is 361. The van der Waals surface area contributed by atoms with Crippen molar-refractivity contribution in [2.24, 2.45) is 0 Å². The van der Waals surface area contributed by atoms with Gasteiger partial charge in [0.2, 0.25) is 0 Å². The van der Waals surface area contributed by atoms with Crippen molar-refractivity contribution in [1.29, 1.82) is 0 Å². The summed E-state index contributed by atoms with van der Waals surface area (Å²) in [6.45, 7) is 4.19. The average molecular weight is 204 g/mol. The second-order valence-corrected chi connectivity index (χ2v) is 3.52. The van der Waals surface area contributed by atoms with Crippen molar-refractivity contribution in [1.82, 2.24) is 0 Å². The van der Waals surface area contributed by atoms with Gasteiger partial charge in [-0.15, -0.1) is 12.3 Å². The van der Waals surface area contributed by atoms with E-state index < -0.39 is 6.10 Å². The molecule has 1 aromatic rings. The third-order valence-corrected chi connectivity index (χ3v) is 2.12. The SMILES string of the molecule is C#CCCOc1cc(C)ccc1[C@@H](C)O. The van der Waals surface area contributed by atoms with E-state index >= 15 is 0 Å². The summed E-state index contributed by atoms with van der Waals surface area (Å²) in [5.74, 6) is 3.24. The topological polar surface area (TPSA) is 29.5 Å². The molecule has 80 valence electrons. The molecule has 0 amide bonds. The highest BCUT2D eigenvalue weighted by molar-refractivity contribution is 5.38. The maximum absolute atomic E-state index is 9.53. The van der Waals surface area contributed by atoms with E-state index in [-0.39, 0.29) is 0 Å². The van der Waals surface area contributed by atoms with Crippen molar-refractivity contribution in [3.8, 4) is 18.1 Å². The molecule has 0 aromatic heterocycles. The highest BCUT2D eigenvalue weighted by Crippen LogP contribution is 2.26. The monoisotopic (exact) mass is 204 g/mol. The van der Waals surface area contributed by atoms with Crippen LogP contribution in [-0.4, -0.2) is 11.7 Å². The Morgan fingerprint density at radius 2 is 2.27 bits per heavy atom. The Kier molecular flexibility index (Phi) is 4.20. The van der Waals surface area contributed by atoms with Gasteiger partial charge in [-0.3, -0.25) is 0 Å². The summed E-state index contributed by atoms with van der Waals surface area (Å²) in [5, 5.41) is 9.53. The lowest BCUT2D eigenvalue weighted by Gasteiger charge is -2.13. The lowest BCUT2D eigenvalue weighted by Crippen LogP contribution is -2.02. The third kappa shape index (κ3) is 3.30. The molecule has 0 fully saturated rings. The van der Waals surface area contributed by atoms with Crippen LogP contribution in [-0.2, 0) is 0 Å². The Morgan fingerprint density at radius 3 is 2.87 bits per heavy atom. The fourth-order valence-corrected chi connectivity index (χ4v) is 1.33. The average Bonchev–Trinajstić information content (AvgIpc) is 2.18. The highest BCUT2D eigenvalue weighted by atomic mass is 16.5. The second-order valence-electron chi connectivity index (χ2n) is 3.52. The molecular weight excluding hydrogens is 188 g/mol. The third-order valence-electron chi connectivity index (χ3n) is 2.12. The van der Waals surface area contributed by atoms with Crippen LogP contribution in [0.2, 0.25) is 0 Å². The maximum Gasteiger partial charge on any atom is 0.125 e. The van der Waals surface area contributed by atoms with Gasteiger partial charge in [0, 0.05) is 12.0 Å². The first-order valence-corrected chi connectivity index (χ1v) is 5.00. The van der Waals surface area contributed by atoms with Gasteiger partial charge >= 0.3 is 0 Å². The van der Waals surface area contributed by atoms with E-state index in [0.29, 0.717) is 13.0 Å². The van der Waals surface area contributed by atoms with Gasteiger partial charge in [0.15, 0.2) is 0 Å². The summed E-state index contributed by atoms with van der Waals surface area (Å²) < 4.78 is 5.52. The minimum absolute atomic E-state index is 0.486. The van der Waals surface area contributed by atoms with Crippen LogP contribution < -0.4 is 4.74 Å². The quantitative estimate of drug-likeness (QED) is 0.603. The van der Waals surface area contributed by atoms with Crippen LogP contribution in [0.1, 0.15) is 30.6 Å². The molecule has 0 bridgehead atoms. The van der Waals surface area contributed by atoms with Crippen LogP contribution in [0.3, 0.4) is 0 Å². The van der Waals surface area contributed by atoms with Crippen LogP contribution in [0.4, 0.5) is 0 Å². The van der Waals surface area contributed by atoms with E-state index in [1.165, 1.54) is 0 Å². The standard InChI is InChI=1S/C13H16O2/c1-4-5-8-15-13-9-10(2)6-7-12(13)11(3)14/h1,6-7,9,11,14H,5,8H2,2-3H3/t11-/m1/s1. The number of terminal acetylenes is 1. The van der Waals surface area contributed by atoms with Gasteiger partial charge in [0.05, 0.1) is 12.7 Å². The van der Waals surface area contributed by atoms with E-state index in [4.69, 9.17) is 11.2 Å². The first kappa shape index (κ1) is 11.6. The zero-order chi connectivity index (χ0) is 11.3. The summed E-state index contributed by atoms with van der Waals surface area (Å²) in [6, 6.07) is 5.75. The molecule has 0 saturated heterocycles. The first-order valence-electron chi connectivity index (χ1n) is 5.00. The summed E-state index contributed by atoms with van der Waals surface area (Å²) in [7, 11) is 0. The molecule has 0 saturated carbocycles. The van der Waals surface area contributed by atoms with E-state index in [0.717, 1.165) is 16.9 Å². The van der Waals surface area contributed by atoms with Crippen LogP contribution in [0, 0.1) is 19.3 Å². The number of aliphatic hydroxyl groups excluding tert-OH is 1. The summed E-state index contributed by atoms with van der Waals surface area (Å²) in [5.41, 5.74) is 1.91. The fourth-order valence-electron chi connectivity index (χ4n) is 1.33. The molecule has 0 aliphatic carbocycles. The van der Waals surface area contributed by atoms with Crippen molar-refractivity contribution in [3.05, 3.63) is 29.3 Å². The second kappa shape index (κ2) is 5.43. The van der Waals surface area contributed by atoms with Crippen LogP contribution >= 0.6 is 0 Å². The molecule has 1 aromatic carbocycles. The molecule has 0 aliphatic rings. The molecular formula is C13H16O2. The summed E-state index contributed by atoms with van der Waals surface area (Å²) in [6.07, 6.45) is 5.20. The molecule has 1 N–H and O–H groups in total. The minimum Gasteiger partial charge on any atom is -0.492 e. The number of ether oxygens (including phenoxy) is 1. The van der Waals surface area contributed by atoms with Gasteiger partial charge in [-0.25, -0.2) is 0 Å². The molecule has 0 radical (unpaired) electrons. The molecule has 1 atom stereocenters. The zero-order valence-electron chi connectivity index (χ0n) is 9.16. The van der Waals surface area contributed by atoms with Gasteiger partial charge in [-0.05, 0) is 25.5 Å². The molecule has 0 spiro atoms.